The zero-order valence-electron chi connectivity index (χ0n) is 18.5. The maximum atomic E-state index is 10.1. The number of hydrogen-bond acceptors (Lipinski definition) is 5. The molecule has 1 unspecified atom stereocenters. The molecule has 5 rings (SSSR count). The molecule has 6 heteroatoms. The molecule has 1 saturated heterocycles. The lowest BCUT2D eigenvalue weighted by molar-refractivity contribution is 0.300. The predicted molar refractivity (Wildman–Crippen MR) is 126 cm³/mol. The molecule has 2 aromatic heterocycles. The van der Waals surface area contributed by atoms with Gasteiger partial charge in [0, 0.05) is 12.1 Å². The van der Waals surface area contributed by atoms with Crippen molar-refractivity contribution in [2.24, 2.45) is 0 Å². The third kappa shape index (κ3) is 2.92. The summed E-state index contributed by atoms with van der Waals surface area (Å²) in [7, 11) is 4.22. The summed E-state index contributed by atoms with van der Waals surface area (Å²) in [6.45, 7) is 2.91. The van der Waals surface area contributed by atoms with Crippen LogP contribution in [0.5, 0.6) is 0 Å². The second-order valence-corrected chi connectivity index (χ2v) is 8.54. The van der Waals surface area contributed by atoms with Crippen LogP contribution in [-0.2, 0) is 0 Å². The summed E-state index contributed by atoms with van der Waals surface area (Å²) < 4.78 is 2.15. The Morgan fingerprint density at radius 2 is 1.88 bits per heavy atom. The molecule has 0 radical (unpaired) electrons. The molecule has 0 N–H and O–H groups in total. The minimum absolute atomic E-state index is 0.240. The summed E-state index contributed by atoms with van der Waals surface area (Å²) in [6, 6.07) is 20.4. The van der Waals surface area contributed by atoms with Crippen LogP contribution in [-0.4, -0.2) is 41.1 Å². The monoisotopic (exact) mass is 420 g/mol. The topological polar surface area (TPSA) is 71.4 Å². The van der Waals surface area contributed by atoms with E-state index in [0.29, 0.717) is 16.8 Å². The smallest absolute Gasteiger partial charge is 0.157 e. The summed E-state index contributed by atoms with van der Waals surface area (Å²) in [6.07, 6.45) is 2.40. The zero-order chi connectivity index (χ0) is 22.4. The molecule has 32 heavy (non-hydrogen) atoms. The minimum atomic E-state index is 0.240. The lowest BCUT2D eigenvalue weighted by atomic mass is 9.96. The molecular weight excluding hydrogens is 396 g/mol. The number of benzene rings is 2. The van der Waals surface area contributed by atoms with Crippen LogP contribution in [0.3, 0.4) is 0 Å². The number of fused-ring (bicyclic) bond motifs is 3. The number of nitriles is 2. The third-order valence-corrected chi connectivity index (χ3v) is 6.45. The van der Waals surface area contributed by atoms with Gasteiger partial charge >= 0.3 is 0 Å². The van der Waals surface area contributed by atoms with Crippen LogP contribution < -0.4 is 4.90 Å². The number of para-hydroxylation sites is 2. The number of nitrogens with zero attached hydrogens (tertiary/aromatic N) is 6. The first-order valence-corrected chi connectivity index (χ1v) is 10.8. The van der Waals surface area contributed by atoms with E-state index in [4.69, 9.17) is 4.98 Å². The third-order valence-electron chi connectivity index (χ3n) is 6.45. The molecule has 0 bridgehead atoms. The van der Waals surface area contributed by atoms with Gasteiger partial charge in [-0.15, -0.1) is 0 Å². The summed E-state index contributed by atoms with van der Waals surface area (Å²) in [5, 5.41) is 19.7. The quantitative estimate of drug-likeness (QED) is 0.481. The Bertz CT molecular complexity index is 1430. The summed E-state index contributed by atoms with van der Waals surface area (Å²) in [4.78, 5) is 9.55. The van der Waals surface area contributed by atoms with E-state index in [9.17, 15) is 10.5 Å². The van der Waals surface area contributed by atoms with Crippen molar-refractivity contribution in [2.45, 2.75) is 25.9 Å². The van der Waals surface area contributed by atoms with Crippen LogP contribution in [0.15, 0.2) is 48.5 Å². The van der Waals surface area contributed by atoms with Crippen LogP contribution in [0, 0.1) is 29.6 Å². The molecule has 4 aromatic rings. The zero-order valence-corrected chi connectivity index (χ0v) is 18.5. The molecule has 3 heterocycles. The average molecular weight is 421 g/mol. The normalized spacial score (nSPS) is 16.1. The van der Waals surface area contributed by atoms with Crippen molar-refractivity contribution in [3.63, 3.8) is 0 Å². The van der Waals surface area contributed by atoms with E-state index in [0.717, 1.165) is 52.9 Å². The molecule has 1 aliphatic rings. The van der Waals surface area contributed by atoms with Gasteiger partial charge in [0.25, 0.3) is 0 Å². The Hall–Kier alpha value is -3.87. The molecule has 0 saturated carbocycles. The van der Waals surface area contributed by atoms with E-state index in [1.54, 1.807) is 0 Å². The Labute approximate surface area is 187 Å². The largest absolute Gasteiger partial charge is 0.341 e. The first-order chi connectivity index (χ1) is 15.5. The Kier molecular flexibility index (Phi) is 4.81. The van der Waals surface area contributed by atoms with Crippen LogP contribution in [0.25, 0.3) is 27.8 Å². The number of anilines is 1. The molecule has 0 aliphatic carbocycles. The highest BCUT2D eigenvalue weighted by atomic mass is 15.4. The second-order valence-electron chi connectivity index (χ2n) is 8.54. The van der Waals surface area contributed by atoms with Crippen molar-refractivity contribution in [1.29, 1.82) is 10.5 Å². The molecular formula is C26H24N6. The summed E-state index contributed by atoms with van der Waals surface area (Å²) in [5.74, 6) is 1.04. The highest BCUT2D eigenvalue weighted by Crippen LogP contribution is 2.42. The van der Waals surface area contributed by atoms with Gasteiger partial charge in [-0.05, 0) is 69.3 Å². The number of rotatable bonds is 3. The Balaban J connectivity index is 1.98. The van der Waals surface area contributed by atoms with E-state index in [2.05, 4.69) is 46.5 Å². The van der Waals surface area contributed by atoms with Gasteiger partial charge in [0.15, 0.2) is 5.65 Å². The highest BCUT2D eigenvalue weighted by molar-refractivity contribution is 5.92. The standard InChI is InChI=1S/C26H24N6/c1-17-20(16-28)25-29-21-10-4-5-11-22(21)32(25)26(31-13-7-12-23(31)30(2)3)24(17)19-9-6-8-18(14-19)15-27/h4-6,8-11,14,23H,7,12-13H2,1-3H3. The average Bonchev–Trinajstić information content (AvgIpc) is 3.43. The van der Waals surface area contributed by atoms with Gasteiger partial charge < -0.3 is 4.90 Å². The van der Waals surface area contributed by atoms with Crippen molar-refractivity contribution in [3.05, 3.63) is 65.2 Å². The van der Waals surface area contributed by atoms with Crippen molar-refractivity contribution in [2.75, 3.05) is 25.5 Å². The molecule has 158 valence electrons. The van der Waals surface area contributed by atoms with Gasteiger partial charge in [0.2, 0.25) is 0 Å². The van der Waals surface area contributed by atoms with Gasteiger partial charge in [-0.2, -0.15) is 10.5 Å². The lowest BCUT2D eigenvalue weighted by Crippen LogP contribution is -2.41. The predicted octanol–water partition coefficient (Wildman–Crippen LogP) is 4.69. The first-order valence-electron chi connectivity index (χ1n) is 10.8. The van der Waals surface area contributed by atoms with Crippen molar-refractivity contribution in [1.82, 2.24) is 14.3 Å². The number of hydrogen-bond donors (Lipinski definition) is 0. The number of aromatic nitrogens is 2. The van der Waals surface area contributed by atoms with E-state index >= 15 is 0 Å². The van der Waals surface area contributed by atoms with Crippen molar-refractivity contribution < 1.29 is 0 Å². The molecule has 0 spiro atoms. The van der Waals surface area contributed by atoms with Gasteiger partial charge in [-0.3, -0.25) is 9.30 Å². The summed E-state index contributed by atoms with van der Waals surface area (Å²) >= 11 is 0. The van der Waals surface area contributed by atoms with Crippen LogP contribution in [0.2, 0.25) is 0 Å². The summed E-state index contributed by atoms with van der Waals surface area (Å²) in [5.41, 5.74) is 6.54. The number of pyridine rings is 1. The van der Waals surface area contributed by atoms with Crippen LogP contribution in [0.1, 0.15) is 29.5 Å². The van der Waals surface area contributed by atoms with Gasteiger partial charge in [-0.1, -0.05) is 24.3 Å². The van der Waals surface area contributed by atoms with Crippen molar-refractivity contribution in [3.8, 4) is 23.3 Å². The fourth-order valence-electron chi connectivity index (χ4n) is 5.01. The van der Waals surface area contributed by atoms with Gasteiger partial charge in [0.1, 0.15) is 11.9 Å². The van der Waals surface area contributed by atoms with Gasteiger partial charge in [-0.25, -0.2) is 4.98 Å². The molecule has 1 atom stereocenters. The first kappa shape index (κ1) is 20.1. The van der Waals surface area contributed by atoms with E-state index in [1.807, 2.05) is 49.4 Å². The molecule has 0 amide bonds. The molecule has 1 fully saturated rings. The lowest BCUT2D eigenvalue weighted by Gasteiger charge is -2.34. The SMILES string of the molecule is Cc1c(-c2cccc(C#N)c2)c(N2CCCC2N(C)C)n2c(nc3ccccc32)c1C#N. The van der Waals surface area contributed by atoms with Gasteiger partial charge in [0.05, 0.1) is 34.4 Å². The Morgan fingerprint density at radius 3 is 2.62 bits per heavy atom. The Morgan fingerprint density at radius 1 is 1.06 bits per heavy atom. The van der Waals surface area contributed by atoms with E-state index in [-0.39, 0.29) is 6.17 Å². The van der Waals surface area contributed by atoms with E-state index < -0.39 is 0 Å². The van der Waals surface area contributed by atoms with Crippen molar-refractivity contribution >= 4 is 22.5 Å². The van der Waals surface area contributed by atoms with E-state index in [1.165, 1.54) is 0 Å². The second kappa shape index (κ2) is 7.67. The maximum Gasteiger partial charge on any atom is 0.157 e. The number of imidazole rings is 1. The maximum absolute atomic E-state index is 10.1. The molecule has 1 aliphatic heterocycles. The highest BCUT2D eigenvalue weighted by Gasteiger charge is 2.33. The minimum Gasteiger partial charge on any atom is -0.341 e. The fourth-order valence-corrected chi connectivity index (χ4v) is 5.01. The van der Waals surface area contributed by atoms with Crippen LogP contribution >= 0.6 is 0 Å². The van der Waals surface area contributed by atoms with Crippen LogP contribution in [0.4, 0.5) is 5.82 Å². The molecule has 2 aromatic carbocycles. The molecule has 6 nitrogen and oxygen atoms in total. The fraction of sp³-hybridized carbons (Fsp3) is 0.269.